The Balaban J connectivity index is 2.05. The Bertz CT molecular complexity index is 387. The number of likely N-dealkylation sites (N-methyl/N-ethyl adjacent to an activating group) is 1. The third-order valence-corrected chi connectivity index (χ3v) is 3.61. The third kappa shape index (κ3) is 3.00. The first-order valence-electron chi connectivity index (χ1n) is 6.70. The molecule has 0 atom stereocenters. The third-order valence-electron chi connectivity index (χ3n) is 3.61. The molecule has 2 N–H and O–H groups in total. The number of rotatable bonds is 4. The van der Waals surface area contributed by atoms with Gasteiger partial charge in [-0.2, -0.15) is 0 Å². The van der Waals surface area contributed by atoms with Crippen molar-refractivity contribution in [2.24, 2.45) is 5.73 Å². The van der Waals surface area contributed by atoms with Crippen LogP contribution in [0.1, 0.15) is 12.5 Å². The first-order chi connectivity index (χ1) is 8.74. The molecule has 3 nitrogen and oxygen atoms in total. The Kier molecular flexibility index (Phi) is 4.55. The van der Waals surface area contributed by atoms with Gasteiger partial charge in [-0.25, -0.2) is 4.39 Å². The minimum absolute atomic E-state index is 0.120. The van der Waals surface area contributed by atoms with E-state index in [-0.39, 0.29) is 5.82 Å². The van der Waals surface area contributed by atoms with Crippen LogP contribution in [0.4, 0.5) is 10.1 Å². The second-order valence-corrected chi connectivity index (χ2v) is 4.75. The predicted molar refractivity (Wildman–Crippen MR) is 73.5 cm³/mol. The van der Waals surface area contributed by atoms with Crippen LogP contribution in [-0.2, 0) is 6.42 Å². The van der Waals surface area contributed by atoms with Crippen LogP contribution >= 0.6 is 0 Å². The zero-order valence-corrected chi connectivity index (χ0v) is 11.0. The molecule has 1 saturated heterocycles. The Morgan fingerprint density at radius 1 is 1.22 bits per heavy atom. The van der Waals surface area contributed by atoms with Gasteiger partial charge in [0.05, 0.1) is 5.69 Å². The molecule has 1 aliphatic heterocycles. The van der Waals surface area contributed by atoms with Gasteiger partial charge in [-0.05, 0) is 37.2 Å². The maximum Gasteiger partial charge on any atom is 0.146 e. The maximum absolute atomic E-state index is 14.0. The van der Waals surface area contributed by atoms with E-state index in [2.05, 4.69) is 16.7 Å². The molecule has 1 aliphatic rings. The lowest BCUT2D eigenvalue weighted by molar-refractivity contribution is 0.270. The fraction of sp³-hybridized carbons (Fsp3) is 0.571. The highest BCUT2D eigenvalue weighted by Crippen LogP contribution is 2.22. The smallest absolute Gasteiger partial charge is 0.146 e. The fourth-order valence-electron chi connectivity index (χ4n) is 2.43. The van der Waals surface area contributed by atoms with Crippen LogP contribution in [0.15, 0.2) is 18.2 Å². The molecule has 0 radical (unpaired) electrons. The van der Waals surface area contributed by atoms with Crippen molar-refractivity contribution in [2.75, 3.05) is 44.2 Å². The first kappa shape index (κ1) is 13.3. The summed E-state index contributed by atoms with van der Waals surface area (Å²) < 4.78 is 14.0. The zero-order valence-electron chi connectivity index (χ0n) is 11.0. The minimum atomic E-state index is -0.120. The molecule has 0 aliphatic carbocycles. The molecule has 2 rings (SSSR count). The topological polar surface area (TPSA) is 32.5 Å². The molecule has 0 aromatic heterocycles. The number of nitrogens with two attached hydrogens (primary N) is 1. The van der Waals surface area contributed by atoms with E-state index < -0.39 is 0 Å². The van der Waals surface area contributed by atoms with Crippen molar-refractivity contribution < 1.29 is 4.39 Å². The normalized spacial score (nSPS) is 17.2. The molecule has 0 saturated carbocycles. The van der Waals surface area contributed by atoms with Gasteiger partial charge in [0.1, 0.15) is 5.82 Å². The molecule has 0 unspecified atom stereocenters. The number of anilines is 1. The summed E-state index contributed by atoms with van der Waals surface area (Å²) in [7, 11) is 0. The SMILES string of the molecule is CCN1CCN(c2ccc(CCN)cc2F)CC1. The lowest BCUT2D eigenvalue weighted by Gasteiger charge is -2.35. The van der Waals surface area contributed by atoms with E-state index in [4.69, 9.17) is 5.73 Å². The minimum Gasteiger partial charge on any atom is -0.367 e. The number of nitrogens with zero attached hydrogens (tertiary/aromatic N) is 2. The van der Waals surface area contributed by atoms with E-state index in [0.717, 1.165) is 50.4 Å². The van der Waals surface area contributed by atoms with E-state index in [1.807, 2.05) is 12.1 Å². The number of halogens is 1. The summed E-state index contributed by atoms with van der Waals surface area (Å²) in [4.78, 5) is 4.52. The number of hydrogen-bond donors (Lipinski definition) is 1. The number of piperazine rings is 1. The summed E-state index contributed by atoms with van der Waals surface area (Å²) in [5.41, 5.74) is 7.19. The Morgan fingerprint density at radius 2 is 1.94 bits per heavy atom. The molecule has 1 aromatic rings. The molecule has 1 fully saturated rings. The highest BCUT2D eigenvalue weighted by atomic mass is 19.1. The summed E-state index contributed by atoms with van der Waals surface area (Å²) in [6.45, 7) is 7.64. The second kappa shape index (κ2) is 6.16. The Hall–Kier alpha value is -1.13. The lowest BCUT2D eigenvalue weighted by Crippen LogP contribution is -2.46. The maximum atomic E-state index is 14.0. The van der Waals surface area contributed by atoms with Gasteiger partial charge in [0.15, 0.2) is 0 Å². The summed E-state index contributed by atoms with van der Waals surface area (Å²) >= 11 is 0. The van der Waals surface area contributed by atoms with Crippen molar-refractivity contribution in [1.29, 1.82) is 0 Å². The number of hydrogen-bond acceptors (Lipinski definition) is 3. The quantitative estimate of drug-likeness (QED) is 0.879. The van der Waals surface area contributed by atoms with Crippen LogP contribution in [0.3, 0.4) is 0 Å². The van der Waals surface area contributed by atoms with E-state index >= 15 is 0 Å². The van der Waals surface area contributed by atoms with Gasteiger partial charge >= 0.3 is 0 Å². The van der Waals surface area contributed by atoms with Crippen LogP contribution in [-0.4, -0.2) is 44.2 Å². The van der Waals surface area contributed by atoms with Crippen molar-refractivity contribution in [3.63, 3.8) is 0 Å². The van der Waals surface area contributed by atoms with Gasteiger partial charge in [0.2, 0.25) is 0 Å². The molecule has 0 spiro atoms. The van der Waals surface area contributed by atoms with Crippen molar-refractivity contribution in [3.05, 3.63) is 29.6 Å². The van der Waals surface area contributed by atoms with Crippen LogP contribution < -0.4 is 10.6 Å². The standard InChI is InChI=1S/C14H22FN3/c1-2-17-7-9-18(10-8-17)14-4-3-12(5-6-16)11-13(14)15/h3-4,11H,2,5-10,16H2,1H3. The summed E-state index contributed by atoms with van der Waals surface area (Å²) in [6, 6.07) is 5.49. The summed E-state index contributed by atoms with van der Waals surface area (Å²) in [5.74, 6) is -0.120. The first-order valence-corrected chi connectivity index (χ1v) is 6.70. The van der Waals surface area contributed by atoms with Gasteiger partial charge in [-0.15, -0.1) is 0 Å². The predicted octanol–water partition coefficient (Wildman–Crippen LogP) is 1.47. The van der Waals surface area contributed by atoms with E-state index in [0.29, 0.717) is 6.54 Å². The molecule has 0 amide bonds. The molecular weight excluding hydrogens is 229 g/mol. The lowest BCUT2D eigenvalue weighted by atomic mass is 10.1. The van der Waals surface area contributed by atoms with Crippen LogP contribution in [0.5, 0.6) is 0 Å². The van der Waals surface area contributed by atoms with Crippen LogP contribution in [0, 0.1) is 5.82 Å². The van der Waals surface area contributed by atoms with Crippen molar-refractivity contribution >= 4 is 5.69 Å². The second-order valence-electron chi connectivity index (χ2n) is 4.75. The highest BCUT2D eigenvalue weighted by Gasteiger charge is 2.18. The average Bonchev–Trinajstić information content (AvgIpc) is 2.40. The van der Waals surface area contributed by atoms with Crippen molar-refractivity contribution in [3.8, 4) is 0 Å². The van der Waals surface area contributed by atoms with Gasteiger partial charge in [0, 0.05) is 26.2 Å². The molecular formula is C14H22FN3. The van der Waals surface area contributed by atoms with E-state index in [1.54, 1.807) is 6.07 Å². The largest absolute Gasteiger partial charge is 0.367 e. The van der Waals surface area contributed by atoms with Gasteiger partial charge in [-0.1, -0.05) is 13.0 Å². The van der Waals surface area contributed by atoms with Gasteiger partial charge < -0.3 is 15.5 Å². The molecule has 1 heterocycles. The van der Waals surface area contributed by atoms with E-state index in [9.17, 15) is 4.39 Å². The summed E-state index contributed by atoms with van der Waals surface area (Å²) in [5, 5.41) is 0. The molecule has 0 bridgehead atoms. The van der Waals surface area contributed by atoms with Gasteiger partial charge in [-0.3, -0.25) is 0 Å². The van der Waals surface area contributed by atoms with Crippen LogP contribution in [0.2, 0.25) is 0 Å². The fourth-order valence-corrected chi connectivity index (χ4v) is 2.43. The molecule has 18 heavy (non-hydrogen) atoms. The molecule has 1 aromatic carbocycles. The summed E-state index contributed by atoms with van der Waals surface area (Å²) in [6.07, 6.45) is 0.737. The Labute approximate surface area is 108 Å². The zero-order chi connectivity index (χ0) is 13.0. The highest BCUT2D eigenvalue weighted by molar-refractivity contribution is 5.49. The molecule has 100 valence electrons. The monoisotopic (exact) mass is 251 g/mol. The van der Waals surface area contributed by atoms with Crippen LogP contribution in [0.25, 0.3) is 0 Å². The van der Waals surface area contributed by atoms with Crippen molar-refractivity contribution in [1.82, 2.24) is 4.90 Å². The van der Waals surface area contributed by atoms with Crippen molar-refractivity contribution in [2.45, 2.75) is 13.3 Å². The number of benzene rings is 1. The van der Waals surface area contributed by atoms with E-state index in [1.165, 1.54) is 0 Å². The van der Waals surface area contributed by atoms with Gasteiger partial charge in [0.25, 0.3) is 0 Å². The average molecular weight is 251 g/mol. The Morgan fingerprint density at radius 3 is 2.50 bits per heavy atom. The molecule has 4 heteroatoms.